The van der Waals surface area contributed by atoms with Gasteiger partial charge in [-0.1, -0.05) is 18.2 Å². The number of carbonyl (C=O) groups excluding carboxylic acids is 1. The van der Waals surface area contributed by atoms with Gasteiger partial charge in [-0.05, 0) is 29.8 Å². The summed E-state index contributed by atoms with van der Waals surface area (Å²) in [5, 5.41) is 20.6. The summed E-state index contributed by atoms with van der Waals surface area (Å²) in [5.74, 6) is -0.857. The number of carbonyl (C=O) groups is 1. The Hall–Kier alpha value is -2.71. The van der Waals surface area contributed by atoms with E-state index in [0.717, 1.165) is 0 Å². The molecule has 2 N–H and O–H groups in total. The maximum absolute atomic E-state index is 13.2. The van der Waals surface area contributed by atoms with Gasteiger partial charge in [-0.2, -0.15) is 5.26 Å². The molecular formula is C16H13FN2O2. The third-order valence-corrected chi connectivity index (χ3v) is 3.03. The molecule has 2 aromatic carbocycles. The lowest BCUT2D eigenvalue weighted by Gasteiger charge is -2.08. The highest BCUT2D eigenvalue weighted by Crippen LogP contribution is 2.11. The van der Waals surface area contributed by atoms with Gasteiger partial charge in [-0.3, -0.25) is 4.79 Å². The van der Waals surface area contributed by atoms with Crippen molar-refractivity contribution in [3.8, 4) is 6.07 Å². The van der Waals surface area contributed by atoms with E-state index in [1.54, 1.807) is 24.3 Å². The molecule has 0 heterocycles. The van der Waals surface area contributed by atoms with Crippen LogP contribution in [0.1, 0.15) is 27.0 Å². The number of aliphatic hydroxyl groups is 1. The van der Waals surface area contributed by atoms with Gasteiger partial charge < -0.3 is 10.4 Å². The molecule has 5 heteroatoms. The van der Waals surface area contributed by atoms with Crippen molar-refractivity contribution in [1.29, 1.82) is 5.26 Å². The molecule has 0 unspecified atom stereocenters. The summed E-state index contributed by atoms with van der Waals surface area (Å²) in [6.07, 6.45) is 0. The number of nitrogens with one attached hydrogen (secondary N) is 1. The van der Waals surface area contributed by atoms with Crippen LogP contribution in [-0.2, 0) is 13.2 Å². The van der Waals surface area contributed by atoms with Gasteiger partial charge in [0.15, 0.2) is 0 Å². The number of hydrogen-bond acceptors (Lipinski definition) is 3. The quantitative estimate of drug-likeness (QED) is 0.903. The predicted octanol–water partition coefficient (Wildman–Crippen LogP) is 2.12. The number of halogens is 1. The van der Waals surface area contributed by atoms with E-state index < -0.39 is 12.4 Å². The van der Waals surface area contributed by atoms with Gasteiger partial charge in [-0.25, -0.2) is 4.39 Å². The first kappa shape index (κ1) is 14.7. The lowest BCUT2D eigenvalue weighted by atomic mass is 10.1. The molecule has 0 atom stereocenters. The predicted molar refractivity (Wildman–Crippen MR) is 74.7 cm³/mol. The highest BCUT2D eigenvalue weighted by atomic mass is 19.1. The van der Waals surface area contributed by atoms with E-state index in [4.69, 9.17) is 10.4 Å². The van der Waals surface area contributed by atoms with Crippen molar-refractivity contribution in [2.24, 2.45) is 0 Å². The maximum atomic E-state index is 13.2. The van der Waals surface area contributed by atoms with Crippen molar-refractivity contribution in [1.82, 2.24) is 5.32 Å². The second kappa shape index (κ2) is 6.64. The fourth-order valence-electron chi connectivity index (χ4n) is 1.92. The molecule has 106 valence electrons. The average molecular weight is 284 g/mol. The number of nitriles is 1. The second-order valence-corrected chi connectivity index (χ2v) is 4.42. The molecule has 0 saturated heterocycles. The second-order valence-electron chi connectivity index (χ2n) is 4.42. The Morgan fingerprint density at radius 3 is 2.76 bits per heavy atom. The molecule has 1 amide bonds. The summed E-state index contributed by atoms with van der Waals surface area (Å²) in [4.78, 5) is 12.0. The molecule has 0 aliphatic heterocycles. The first-order valence-corrected chi connectivity index (χ1v) is 6.31. The lowest BCUT2D eigenvalue weighted by molar-refractivity contribution is 0.0950. The van der Waals surface area contributed by atoms with Crippen LogP contribution >= 0.6 is 0 Å². The minimum atomic E-state index is -0.484. The molecule has 0 aliphatic rings. The topological polar surface area (TPSA) is 73.1 Å². The zero-order valence-corrected chi connectivity index (χ0v) is 11.1. The summed E-state index contributed by atoms with van der Waals surface area (Å²) in [6, 6.07) is 12.7. The Bertz CT molecular complexity index is 708. The monoisotopic (exact) mass is 284 g/mol. The summed E-state index contributed by atoms with van der Waals surface area (Å²) >= 11 is 0. The van der Waals surface area contributed by atoms with Gasteiger partial charge in [0.05, 0.1) is 23.8 Å². The number of rotatable bonds is 4. The Labute approximate surface area is 121 Å². The van der Waals surface area contributed by atoms with Crippen LogP contribution in [0.15, 0.2) is 42.5 Å². The van der Waals surface area contributed by atoms with Gasteiger partial charge >= 0.3 is 0 Å². The molecule has 0 saturated carbocycles. The summed E-state index contributed by atoms with van der Waals surface area (Å²) in [6.45, 7) is -0.212. The van der Waals surface area contributed by atoms with Crippen molar-refractivity contribution >= 4 is 5.91 Å². The standard InChI is InChI=1S/C16H13FN2O2/c17-15-6-5-11(7-13(15)10-20)9-19-16(21)14-4-2-1-3-12(14)8-18/h1-7,20H,9-10H2,(H,19,21). The van der Waals surface area contributed by atoms with Crippen LogP contribution in [-0.4, -0.2) is 11.0 Å². The van der Waals surface area contributed by atoms with E-state index in [1.807, 2.05) is 6.07 Å². The summed E-state index contributed by atoms with van der Waals surface area (Å²) in [7, 11) is 0. The molecule has 2 rings (SSSR count). The molecule has 0 bridgehead atoms. The van der Waals surface area contributed by atoms with Gasteiger partial charge in [0.2, 0.25) is 0 Å². The van der Waals surface area contributed by atoms with Crippen molar-refractivity contribution in [2.45, 2.75) is 13.2 Å². The zero-order valence-electron chi connectivity index (χ0n) is 11.1. The van der Waals surface area contributed by atoms with Crippen LogP contribution in [0.4, 0.5) is 4.39 Å². The highest BCUT2D eigenvalue weighted by Gasteiger charge is 2.10. The smallest absolute Gasteiger partial charge is 0.252 e. The van der Waals surface area contributed by atoms with E-state index in [9.17, 15) is 9.18 Å². The Morgan fingerprint density at radius 1 is 1.29 bits per heavy atom. The van der Waals surface area contributed by atoms with E-state index in [-0.39, 0.29) is 18.0 Å². The molecule has 0 spiro atoms. The first-order valence-electron chi connectivity index (χ1n) is 6.31. The number of aliphatic hydroxyl groups excluding tert-OH is 1. The van der Waals surface area contributed by atoms with Crippen LogP contribution < -0.4 is 5.32 Å². The molecule has 2 aromatic rings. The Kier molecular flexibility index (Phi) is 4.64. The molecule has 4 nitrogen and oxygen atoms in total. The first-order chi connectivity index (χ1) is 10.2. The third kappa shape index (κ3) is 3.44. The number of hydrogen-bond donors (Lipinski definition) is 2. The van der Waals surface area contributed by atoms with Crippen molar-refractivity contribution in [2.75, 3.05) is 0 Å². The minimum Gasteiger partial charge on any atom is -0.392 e. The molecule has 0 aromatic heterocycles. The van der Waals surface area contributed by atoms with Crippen molar-refractivity contribution in [3.63, 3.8) is 0 Å². The van der Waals surface area contributed by atoms with Crippen LogP contribution in [0, 0.1) is 17.1 Å². The summed E-state index contributed by atoms with van der Waals surface area (Å²) in [5.41, 5.74) is 1.44. The van der Waals surface area contributed by atoms with E-state index >= 15 is 0 Å². The van der Waals surface area contributed by atoms with Crippen molar-refractivity contribution < 1.29 is 14.3 Å². The van der Waals surface area contributed by atoms with Crippen LogP contribution in [0.25, 0.3) is 0 Å². The highest BCUT2D eigenvalue weighted by molar-refractivity contribution is 5.96. The van der Waals surface area contributed by atoms with Gasteiger partial charge in [0.25, 0.3) is 5.91 Å². The molecule has 0 radical (unpaired) electrons. The largest absolute Gasteiger partial charge is 0.392 e. The van der Waals surface area contributed by atoms with Gasteiger partial charge in [0.1, 0.15) is 5.82 Å². The van der Waals surface area contributed by atoms with Crippen molar-refractivity contribution in [3.05, 3.63) is 70.5 Å². The van der Waals surface area contributed by atoms with E-state index in [1.165, 1.54) is 18.2 Å². The van der Waals surface area contributed by atoms with E-state index in [0.29, 0.717) is 16.7 Å². The number of amides is 1. The normalized spacial score (nSPS) is 9.95. The van der Waals surface area contributed by atoms with Crippen LogP contribution in [0.2, 0.25) is 0 Å². The molecule has 21 heavy (non-hydrogen) atoms. The van der Waals surface area contributed by atoms with Crippen LogP contribution in [0.3, 0.4) is 0 Å². The SMILES string of the molecule is N#Cc1ccccc1C(=O)NCc1ccc(F)c(CO)c1. The molecular weight excluding hydrogens is 271 g/mol. The lowest BCUT2D eigenvalue weighted by Crippen LogP contribution is -2.23. The number of benzene rings is 2. The van der Waals surface area contributed by atoms with Gasteiger partial charge in [-0.15, -0.1) is 0 Å². The van der Waals surface area contributed by atoms with Gasteiger partial charge in [0, 0.05) is 12.1 Å². The molecule has 0 aliphatic carbocycles. The minimum absolute atomic E-state index is 0.180. The number of nitrogens with zero attached hydrogens (tertiary/aromatic N) is 1. The fourth-order valence-corrected chi connectivity index (χ4v) is 1.92. The van der Waals surface area contributed by atoms with E-state index in [2.05, 4.69) is 5.32 Å². The average Bonchev–Trinajstić information content (AvgIpc) is 2.53. The Morgan fingerprint density at radius 2 is 2.05 bits per heavy atom. The molecule has 0 fully saturated rings. The fraction of sp³-hybridized carbons (Fsp3) is 0.125. The maximum Gasteiger partial charge on any atom is 0.252 e. The third-order valence-electron chi connectivity index (χ3n) is 3.03. The zero-order chi connectivity index (χ0) is 15.2. The Balaban J connectivity index is 2.10. The van der Waals surface area contributed by atoms with Crippen LogP contribution in [0.5, 0.6) is 0 Å². The summed E-state index contributed by atoms with van der Waals surface area (Å²) < 4.78 is 13.2.